The zero-order valence-corrected chi connectivity index (χ0v) is 18.8. The van der Waals surface area contributed by atoms with Gasteiger partial charge in [-0.15, -0.1) is 23.5 Å². The second-order valence-corrected chi connectivity index (χ2v) is 10.5. The van der Waals surface area contributed by atoms with E-state index in [2.05, 4.69) is 5.32 Å². The number of amides is 3. The lowest BCUT2D eigenvalue weighted by Gasteiger charge is -2.13. The SMILES string of the molecule is O=C(NCCN1C(=O)S/C(=C\c2ccccc2F)C1=O)c1ccc(C2SCCS2)cc1. The molecule has 1 N–H and O–H groups in total. The molecule has 2 fully saturated rings. The Bertz CT molecular complexity index is 1040. The number of nitrogens with zero attached hydrogens (tertiary/aromatic N) is 1. The van der Waals surface area contributed by atoms with Gasteiger partial charge in [0, 0.05) is 35.7 Å². The molecule has 0 aliphatic carbocycles. The van der Waals surface area contributed by atoms with Gasteiger partial charge in [-0.3, -0.25) is 19.3 Å². The van der Waals surface area contributed by atoms with Crippen LogP contribution >= 0.6 is 35.3 Å². The highest BCUT2D eigenvalue weighted by molar-refractivity contribution is 8.19. The largest absolute Gasteiger partial charge is 0.350 e. The van der Waals surface area contributed by atoms with Crippen molar-refractivity contribution in [2.75, 3.05) is 24.6 Å². The van der Waals surface area contributed by atoms with Gasteiger partial charge >= 0.3 is 0 Å². The molecule has 2 heterocycles. The van der Waals surface area contributed by atoms with Crippen LogP contribution in [-0.2, 0) is 4.79 Å². The van der Waals surface area contributed by atoms with E-state index < -0.39 is 17.0 Å². The molecule has 2 aromatic rings. The first kappa shape index (κ1) is 22.0. The van der Waals surface area contributed by atoms with Crippen LogP contribution in [0.3, 0.4) is 0 Å². The summed E-state index contributed by atoms with van der Waals surface area (Å²) in [5.41, 5.74) is 1.98. The van der Waals surface area contributed by atoms with Gasteiger partial charge in [0.1, 0.15) is 5.82 Å². The molecule has 2 aromatic carbocycles. The molecule has 2 aliphatic heterocycles. The summed E-state index contributed by atoms with van der Waals surface area (Å²) in [6.07, 6.45) is 1.38. The zero-order valence-electron chi connectivity index (χ0n) is 16.4. The van der Waals surface area contributed by atoms with Crippen LogP contribution in [0, 0.1) is 5.82 Å². The van der Waals surface area contributed by atoms with Crippen molar-refractivity contribution < 1.29 is 18.8 Å². The third-order valence-corrected chi connectivity index (χ3v) is 8.76. The number of nitrogens with one attached hydrogen (secondary N) is 1. The summed E-state index contributed by atoms with van der Waals surface area (Å²) in [5.74, 6) is 1.08. The van der Waals surface area contributed by atoms with E-state index in [-0.39, 0.29) is 29.5 Å². The molecule has 3 amide bonds. The summed E-state index contributed by atoms with van der Waals surface area (Å²) in [6.45, 7) is 0.193. The van der Waals surface area contributed by atoms with Crippen LogP contribution in [0.2, 0.25) is 0 Å². The van der Waals surface area contributed by atoms with E-state index in [0.29, 0.717) is 10.1 Å². The molecule has 31 heavy (non-hydrogen) atoms. The fourth-order valence-electron chi connectivity index (χ4n) is 3.15. The fourth-order valence-corrected chi connectivity index (χ4v) is 6.87. The van der Waals surface area contributed by atoms with E-state index in [4.69, 9.17) is 0 Å². The van der Waals surface area contributed by atoms with E-state index in [1.807, 2.05) is 35.7 Å². The Balaban J connectivity index is 1.32. The van der Waals surface area contributed by atoms with Gasteiger partial charge in [-0.2, -0.15) is 0 Å². The zero-order chi connectivity index (χ0) is 21.8. The smallest absolute Gasteiger partial charge is 0.293 e. The van der Waals surface area contributed by atoms with Gasteiger partial charge in [-0.1, -0.05) is 30.3 Å². The van der Waals surface area contributed by atoms with Gasteiger partial charge in [0.15, 0.2) is 0 Å². The second-order valence-electron chi connectivity index (χ2n) is 6.81. The van der Waals surface area contributed by atoms with Gasteiger partial charge in [0.2, 0.25) is 0 Å². The number of halogens is 1. The van der Waals surface area contributed by atoms with Crippen molar-refractivity contribution in [2.45, 2.75) is 4.58 Å². The molecule has 0 aromatic heterocycles. The predicted molar refractivity (Wildman–Crippen MR) is 126 cm³/mol. The Morgan fingerprint density at radius 2 is 1.81 bits per heavy atom. The molecule has 0 bridgehead atoms. The summed E-state index contributed by atoms with van der Waals surface area (Å²) >= 11 is 4.58. The molecule has 2 aliphatic rings. The summed E-state index contributed by atoms with van der Waals surface area (Å²) in [6, 6.07) is 13.6. The van der Waals surface area contributed by atoms with Crippen LogP contribution in [0.1, 0.15) is 26.1 Å². The van der Waals surface area contributed by atoms with E-state index in [1.54, 1.807) is 30.3 Å². The summed E-state index contributed by atoms with van der Waals surface area (Å²) in [5, 5.41) is 2.31. The maximum absolute atomic E-state index is 13.8. The highest BCUT2D eigenvalue weighted by Crippen LogP contribution is 2.45. The van der Waals surface area contributed by atoms with Crippen LogP contribution in [0.25, 0.3) is 6.08 Å². The number of carbonyl (C=O) groups is 3. The molecule has 4 rings (SSSR count). The van der Waals surface area contributed by atoms with E-state index >= 15 is 0 Å². The minimum absolute atomic E-state index is 0.0540. The first-order valence-corrected chi connectivity index (χ1v) is 12.6. The van der Waals surface area contributed by atoms with Crippen molar-refractivity contribution >= 4 is 58.4 Å². The second kappa shape index (κ2) is 9.93. The van der Waals surface area contributed by atoms with Crippen molar-refractivity contribution in [1.82, 2.24) is 10.2 Å². The third kappa shape index (κ3) is 5.16. The third-order valence-electron chi connectivity index (χ3n) is 4.75. The number of benzene rings is 2. The van der Waals surface area contributed by atoms with Crippen molar-refractivity contribution in [1.29, 1.82) is 0 Å². The Labute approximate surface area is 192 Å². The normalized spacial score (nSPS) is 18.2. The minimum atomic E-state index is -0.483. The highest BCUT2D eigenvalue weighted by Gasteiger charge is 2.34. The number of hydrogen-bond acceptors (Lipinski definition) is 6. The van der Waals surface area contributed by atoms with Crippen molar-refractivity contribution in [3.05, 3.63) is 75.9 Å². The van der Waals surface area contributed by atoms with Gasteiger partial charge in [-0.05, 0) is 41.6 Å². The summed E-state index contributed by atoms with van der Waals surface area (Å²) in [7, 11) is 0. The number of imide groups is 1. The first-order valence-electron chi connectivity index (χ1n) is 9.64. The van der Waals surface area contributed by atoms with Crippen molar-refractivity contribution in [3.63, 3.8) is 0 Å². The minimum Gasteiger partial charge on any atom is -0.350 e. The van der Waals surface area contributed by atoms with E-state index in [9.17, 15) is 18.8 Å². The fraction of sp³-hybridized carbons (Fsp3) is 0.227. The molecule has 0 spiro atoms. The number of hydrogen-bond donors (Lipinski definition) is 1. The average Bonchev–Trinajstić information content (AvgIpc) is 3.40. The first-order chi connectivity index (χ1) is 15.0. The van der Waals surface area contributed by atoms with Gasteiger partial charge in [-0.25, -0.2) is 4.39 Å². The number of thioether (sulfide) groups is 3. The molecule has 0 saturated carbocycles. The Kier molecular flexibility index (Phi) is 7.04. The Hall–Kier alpha value is -2.23. The highest BCUT2D eigenvalue weighted by atomic mass is 32.2. The Morgan fingerprint density at radius 1 is 1.10 bits per heavy atom. The molecular weight excluding hydrogens is 455 g/mol. The van der Waals surface area contributed by atoms with Crippen molar-refractivity contribution in [3.8, 4) is 0 Å². The monoisotopic (exact) mass is 474 g/mol. The van der Waals surface area contributed by atoms with Gasteiger partial charge in [0.25, 0.3) is 17.1 Å². The molecule has 0 radical (unpaired) electrons. The molecule has 160 valence electrons. The van der Waals surface area contributed by atoms with Crippen LogP contribution in [0.15, 0.2) is 53.4 Å². The molecule has 0 atom stereocenters. The molecular formula is C22H19FN2O3S3. The quantitative estimate of drug-likeness (QED) is 0.609. The van der Waals surface area contributed by atoms with Gasteiger partial charge < -0.3 is 5.32 Å². The lowest BCUT2D eigenvalue weighted by atomic mass is 10.1. The molecule has 9 heteroatoms. The lowest BCUT2D eigenvalue weighted by Crippen LogP contribution is -2.37. The van der Waals surface area contributed by atoms with E-state index in [0.717, 1.165) is 28.2 Å². The predicted octanol–water partition coefficient (Wildman–Crippen LogP) is 4.77. The lowest BCUT2D eigenvalue weighted by molar-refractivity contribution is -0.122. The average molecular weight is 475 g/mol. The standard InChI is InChI=1S/C22H19FN2O3S3/c23-17-4-2-1-3-16(17)13-18-20(27)25(22(28)31-18)10-9-24-19(26)14-5-7-15(8-6-14)21-29-11-12-30-21/h1-8,13,21H,9-12H2,(H,24,26)/b18-13-. The van der Waals surface area contributed by atoms with E-state index in [1.165, 1.54) is 17.7 Å². The summed E-state index contributed by atoms with van der Waals surface area (Å²) in [4.78, 5) is 38.3. The van der Waals surface area contributed by atoms with Crippen LogP contribution in [-0.4, -0.2) is 46.5 Å². The Morgan fingerprint density at radius 3 is 2.52 bits per heavy atom. The number of carbonyl (C=O) groups excluding carboxylic acids is 3. The van der Waals surface area contributed by atoms with Crippen LogP contribution in [0.4, 0.5) is 9.18 Å². The maximum Gasteiger partial charge on any atom is 0.293 e. The van der Waals surface area contributed by atoms with Gasteiger partial charge in [0.05, 0.1) is 9.49 Å². The van der Waals surface area contributed by atoms with Crippen molar-refractivity contribution in [2.24, 2.45) is 0 Å². The summed E-state index contributed by atoms with van der Waals surface area (Å²) < 4.78 is 14.2. The molecule has 5 nitrogen and oxygen atoms in total. The van der Waals surface area contributed by atoms with Crippen LogP contribution in [0.5, 0.6) is 0 Å². The molecule has 2 saturated heterocycles. The maximum atomic E-state index is 13.8. The van der Waals surface area contributed by atoms with Crippen LogP contribution < -0.4 is 5.32 Å². The topological polar surface area (TPSA) is 66.5 Å². The molecule has 0 unspecified atom stereocenters. The number of rotatable bonds is 6.